The van der Waals surface area contributed by atoms with Crippen LogP contribution in [0, 0.1) is 0 Å². The van der Waals surface area contributed by atoms with Gasteiger partial charge >= 0.3 is 5.91 Å². The zero-order valence-electron chi connectivity index (χ0n) is 14.0. The highest BCUT2D eigenvalue weighted by Gasteiger charge is 2.33. The van der Waals surface area contributed by atoms with E-state index in [0.29, 0.717) is 12.4 Å². The van der Waals surface area contributed by atoms with Crippen LogP contribution in [0.3, 0.4) is 0 Å². The fourth-order valence-electron chi connectivity index (χ4n) is 2.41. The summed E-state index contributed by atoms with van der Waals surface area (Å²) >= 11 is 0. The molecule has 0 aliphatic rings. The third-order valence-corrected chi connectivity index (χ3v) is 5.31. The minimum absolute atomic E-state index is 0.00814. The van der Waals surface area contributed by atoms with Crippen molar-refractivity contribution < 1.29 is 22.4 Å². The lowest BCUT2D eigenvalue weighted by Gasteiger charge is -2.22. The van der Waals surface area contributed by atoms with Gasteiger partial charge in [-0.2, -0.15) is 4.31 Å². The van der Waals surface area contributed by atoms with E-state index in [1.54, 1.807) is 30.3 Å². The number of benzene rings is 2. The molecule has 26 heavy (non-hydrogen) atoms. The average molecular weight is 371 g/mol. The molecule has 0 atom stereocenters. The third kappa shape index (κ3) is 3.48. The lowest BCUT2D eigenvalue weighted by atomic mass is 10.3. The molecule has 3 rings (SSSR count). The van der Waals surface area contributed by atoms with Crippen molar-refractivity contribution in [1.82, 2.24) is 0 Å². The molecule has 0 radical (unpaired) electrons. The summed E-state index contributed by atoms with van der Waals surface area (Å²) in [5.41, 5.74) is 0.193. The molecule has 6 nitrogen and oxygen atoms in total. The molecule has 134 valence electrons. The van der Waals surface area contributed by atoms with Crippen LogP contribution in [0.15, 0.2) is 82.3 Å². The Labute approximate surface area is 151 Å². The Balaban J connectivity index is 2.09. The smallest absolute Gasteiger partial charge is 0.307 e. The van der Waals surface area contributed by atoms with Crippen molar-refractivity contribution in [2.75, 3.05) is 10.9 Å². The molecule has 1 amide bonds. The number of hydrogen-bond donors (Lipinski definition) is 0. The number of ether oxygens (including phenoxy) is 1. The van der Waals surface area contributed by atoms with E-state index in [0.717, 1.165) is 4.31 Å². The average Bonchev–Trinajstić information content (AvgIpc) is 3.19. The molecule has 2 aromatic carbocycles. The first-order valence-electron chi connectivity index (χ1n) is 7.95. The predicted molar refractivity (Wildman–Crippen MR) is 96.8 cm³/mol. The summed E-state index contributed by atoms with van der Waals surface area (Å²) in [4.78, 5) is 12.9. The SMILES string of the molecule is CCOc1ccc(N(C(=O)c2ccco2)S(=O)(=O)c2ccccc2)cc1. The Morgan fingerprint density at radius 3 is 2.27 bits per heavy atom. The highest BCUT2D eigenvalue weighted by Crippen LogP contribution is 2.28. The van der Waals surface area contributed by atoms with Crippen LogP contribution in [0.2, 0.25) is 0 Å². The predicted octanol–water partition coefficient (Wildman–Crippen LogP) is 3.71. The normalized spacial score (nSPS) is 11.1. The molecule has 0 unspecified atom stereocenters. The maximum Gasteiger partial charge on any atom is 0.307 e. The van der Waals surface area contributed by atoms with Crippen molar-refractivity contribution in [2.45, 2.75) is 11.8 Å². The molecular weight excluding hydrogens is 354 g/mol. The van der Waals surface area contributed by atoms with Crippen LogP contribution in [-0.4, -0.2) is 20.9 Å². The molecule has 0 fully saturated rings. The minimum Gasteiger partial charge on any atom is -0.494 e. The minimum atomic E-state index is -4.12. The highest BCUT2D eigenvalue weighted by molar-refractivity contribution is 7.93. The number of rotatable bonds is 6. The van der Waals surface area contributed by atoms with Gasteiger partial charge in [-0.1, -0.05) is 18.2 Å². The van der Waals surface area contributed by atoms with Gasteiger partial charge in [0.25, 0.3) is 10.0 Å². The van der Waals surface area contributed by atoms with Crippen LogP contribution in [0.1, 0.15) is 17.5 Å². The van der Waals surface area contributed by atoms with Crippen molar-refractivity contribution in [1.29, 1.82) is 0 Å². The second-order valence-electron chi connectivity index (χ2n) is 5.29. The molecule has 7 heteroatoms. The number of furan rings is 1. The zero-order valence-corrected chi connectivity index (χ0v) is 14.8. The third-order valence-electron chi connectivity index (χ3n) is 3.58. The number of carbonyl (C=O) groups excluding carboxylic acids is 1. The molecule has 1 aromatic heterocycles. The molecule has 1 heterocycles. The maximum atomic E-state index is 13.1. The van der Waals surface area contributed by atoms with E-state index < -0.39 is 15.9 Å². The van der Waals surface area contributed by atoms with E-state index in [1.165, 1.54) is 42.7 Å². The number of hydrogen-bond acceptors (Lipinski definition) is 5. The molecule has 3 aromatic rings. The number of anilines is 1. The van der Waals surface area contributed by atoms with Gasteiger partial charge in [-0.05, 0) is 55.5 Å². The first-order valence-corrected chi connectivity index (χ1v) is 9.39. The Morgan fingerprint density at radius 1 is 1.00 bits per heavy atom. The molecular formula is C19H17NO5S. The summed E-state index contributed by atoms with van der Waals surface area (Å²) in [6.07, 6.45) is 1.32. The number of carbonyl (C=O) groups is 1. The van der Waals surface area contributed by atoms with Crippen LogP contribution >= 0.6 is 0 Å². The topological polar surface area (TPSA) is 76.8 Å². The van der Waals surface area contributed by atoms with E-state index >= 15 is 0 Å². The maximum absolute atomic E-state index is 13.1. The fraction of sp³-hybridized carbons (Fsp3) is 0.105. The summed E-state index contributed by atoms with van der Waals surface area (Å²) in [7, 11) is -4.12. The van der Waals surface area contributed by atoms with Gasteiger partial charge in [0.2, 0.25) is 0 Å². The summed E-state index contributed by atoms with van der Waals surface area (Å²) in [5.74, 6) is -0.264. The Bertz CT molecular complexity index is 965. The Morgan fingerprint density at radius 2 is 1.69 bits per heavy atom. The van der Waals surface area contributed by atoms with E-state index in [2.05, 4.69) is 0 Å². The molecule has 0 aliphatic carbocycles. The second kappa shape index (κ2) is 7.45. The Kier molecular flexibility index (Phi) is 5.09. The summed E-state index contributed by atoms with van der Waals surface area (Å²) in [6, 6.07) is 17.0. The van der Waals surface area contributed by atoms with Gasteiger partial charge in [-0.15, -0.1) is 0 Å². The summed E-state index contributed by atoms with van der Waals surface area (Å²) in [6.45, 7) is 2.33. The van der Waals surface area contributed by atoms with Crippen LogP contribution in [0.4, 0.5) is 5.69 Å². The van der Waals surface area contributed by atoms with E-state index in [9.17, 15) is 13.2 Å². The quantitative estimate of drug-likeness (QED) is 0.660. The highest BCUT2D eigenvalue weighted by atomic mass is 32.2. The standard InChI is InChI=1S/C19H17NO5S/c1-2-24-16-12-10-15(11-13-16)20(19(21)18-9-6-14-25-18)26(22,23)17-7-4-3-5-8-17/h3-14H,2H2,1H3. The molecule has 0 N–H and O–H groups in total. The zero-order chi connectivity index (χ0) is 18.6. The van der Waals surface area contributed by atoms with Gasteiger partial charge < -0.3 is 9.15 Å². The van der Waals surface area contributed by atoms with Crippen LogP contribution in [0.5, 0.6) is 5.75 Å². The Hall–Kier alpha value is -3.06. The van der Waals surface area contributed by atoms with Crippen LogP contribution < -0.4 is 9.04 Å². The first kappa shape index (κ1) is 17.8. The molecule has 0 spiro atoms. The van der Waals surface area contributed by atoms with Crippen LogP contribution in [0.25, 0.3) is 0 Å². The fourth-order valence-corrected chi connectivity index (χ4v) is 3.83. The summed E-state index contributed by atoms with van der Waals surface area (Å²) < 4.78 is 37.4. The largest absolute Gasteiger partial charge is 0.494 e. The van der Waals surface area contributed by atoms with E-state index in [4.69, 9.17) is 9.15 Å². The van der Waals surface area contributed by atoms with Crippen molar-refractivity contribution in [3.63, 3.8) is 0 Å². The van der Waals surface area contributed by atoms with Gasteiger partial charge in [0, 0.05) is 0 Å². The lowest BCUT2D eigenvalue weighted by molar-refractivity contribution is 0.0979. The molecule has 0 aliphatic heterocycles. The summed E-state index contributed by atoms with van der Waals surface area (Å²) in [5, 5.41) is 0. The number of amides is 1. The van der Waals surface area contributed by atoms with E-state index in [1.807, 2.05) is 6.92 Å². The monoisotopic (exact) mass is 371 g/mol. The molecule has 0 saturated heterocycles. The van der Waals surface area contributed by atoms with Gasteiger partial charge in [0.1, 0.15) is 5.75 Å². The molecule has 0 saturated carbocycles. The van der Waals surface area contributed by atoms with Crippen molar-refractivity contribution >= 4 is 21.6 Å². The first-order chi connectivity index (χ1) is 12.5. The van der Waals surface area contributed by atoms with Gasteiger partial charge in [0.15, 0.2) is 5.76 Å². The van der Waals surface area contributed by atoms with Gasteiger partial charge in [-0.25, -0.2) is 8.42 Å². The van der Waals surface area contributed by atoms with Gasteiger partial charge in [-0.3, -0.25) is 4.79 Å². The van der Waals surface area contributed by atoms with Crippen molar-refractivity contribution in [2.24, 2.45) is 0 Å². The molecule has 0 bridgehead atoms. The number of nitrogens with zero attached hydrogens (tertiary/aromatic N) is 1. The second-order valence-corrected chi connectivity index (χ2v) is 7.08. The van der Waals surface area contributed by atoms with Crippen LogP contribution in [-0.2, 0) is 10.0 Å². The van der Waals surface area contributed by atoms with Gasteiger partial charge in [0.05, 0.1) is 23.5 Å². The van der Waals surface area contributed by atoms with Crippen molar-refractivity contribution in [3.05, 3.63) is 78.8 Å². The van der Waals surface area contributed by atoms with Crippen molar-refractivity contribution in [3.8, 4) is 5.75 Å². The lowest BCUT2D eigenvalue weighted by Crippen LogP contribution is -2.36. The van der Waals surface area contributed by atoms with E-state index in [-0.39, 0.29) is 16.3 Å². The number of sulfonamides is 1.